The van der Waals surface area contributed by atoms with Gasteiger partial charge in [0, 0.05) is 11.9 Å². The highest BCUT2D eigenvalue weighted by Gasteiger charge is 2.09. The number of hydrogen-bond acceptors (Lipinski definition) is 2. The van der Waals surface area contributed by atoms with Crippen LogP contribution in [-0.4, -0.2) is 17.6 Å². The van der Waals surface area contributed by atoms with Crippen LogP contribution in [-0.2, 0) is 22.4 Å². The molecule has 0 fully saturated rings. The third kappa shape index (κ3) is 7.93. The summed E-state index contributed by atoms with van der Waals surface area (Å²) in [6, 6.07) is 2.09. The van der Waals surface area contributed by atoms with Crippen molar-refractivity contribution < 1.29 is 9.53 Å². The van der Waals surface area contributed by atoms with Gasteiger partial charge >= 0.3 is 5.97 Å². The van der Waals surface area contributed by atoms with Crippen molar-refractivity contribution in [1.82, 2.24) is 4.98 Å². The van der Waals surface area contributed by atoms with Crippen LogP contribution in [0.5, 0.6) is 0 Å². The van der Waals surface area contributed by atoms with Gasteiger partial charge in [-0.3, -0.25) is 4.79 Å². The van der Waals surface area contributed by atoms with Gasteiger partial charge in [0.15, 0.2) is 0 Å². The molecule has 0 aliphatic heterocycles. The third-order valence-electron chi connectivity index (χ3n) is 3.86. The first-order valence-electron chi connectivity index (χ1n) is 8.58. The molecule has 0 aliphatic rings. The van der Waals surface area contributed by atoms with E-state index in [1.807, 2.05) is 13.1 Å². The molecule has 1 aromatic heterocycles. The molecule has 3 heteroatoms. The first-order valence-corrected chi connectivity index (χ1v) is 8.58. The molecule has 1 aromatic rings. The van der Waals surface area contributed by atoms with E-state index in [4.69, 9.17) is 4.74 Å². The number of aromatic amines is 1. The van der Waals surface area contributed by atoms with Crippen molar-refractivity contribution in [3.8, 4) is 0 Å². The summed E-state index contributed by atoms with van der Waals surface area (Å²) in [5, 5.41) is 0. The molecular weight excluding hydrogens is 262 g/mol. The molecule has 0 saturated carbocycles. The monoisotopic (exact) mass is 293 g/mol. The molecule has 1 heterocycles. The number of unbranched alkanes of at least 4 members (excludes halogenated alkanes) is 7. The second kappa shape index (κ2) is 11.4. The summed E-state index contributed by atoms with van der Waals surface area (Å²) in [6.45, 7) is 4.55. The SMILES string of the molecule is CCCCCCCCCCc1cc[nH]c1CC(=O)OCC. The topological polar surface area (TPSA) is 42.1 Å². The molecule has 0 spiro atoms. The summed E-state index contributed by atoms with van der Waals surface area (Å²) in [5.74, 6) is -0.142. The van der Waals surface area contributed by atoms with Crippen molar-refractivity contribution in [3.05, 3.63) is 23.5 Å². The second-order valence-corrected chi connectivity index (χ2v) is 5.69. The number of carbonyl (C=O) groups excluding carboxylic acids is 1. The Bertz CT molecular complexity index is 384. The summed E-state index contributed by atoms with van der Waals surface area (Å²) in [7, 11) is 0. The summed E-state index contributed by atoms with van der Waals surface area (Å²) >= 11 is 0. The van der Waals surface area contributed by atoms with Crippen LogP contribution < -0.4 is 0 Å². The molecule has 0 atom stereocenters. The Labute approximate surface area is 129 Å². The van der Waals surface area contributed by atoms with E-state index in [1.165, 1.54) is 56.9 Å². The van der Waals surface area contributed by atoms with Crippen molar-refractivity contribution in [2.75, 3.05) is 6.61 Å². The number of aromatic nitrogens is 1. The van der Waals surface area contributed by atoms with Gasteiger partial charge in [0.05, 0.1) is 13.0 Å². The van der Waals surface area contributed by atoms with Gasteiger partial charge in [0.25, 0.3) is 0 Å². The molecular formula is C18H31NO2. The largest absolute Gasteiger partial charge is 0.466 e. The lowest BCUT2D eigenvalue weighted by Crippen LogP contribution is -2.09. The molecule has 3 nitrogen and oxygen atoms in total. The van der Waals surface area contributed by atoms with Gasteiger partial charge in [0.2, 0.25) is 0 Å². The lowest BCUT2D eigenvalue weighted by Gasteiger charge is -2.05. The Balaban J connectivity index is 2.15. The predicted molar refractivity (Wildman–Crippen MR) is 87.4 cm³/mol. The lowest BCUT2D eigenvalue weighted by atomic mass is 10.0. The van der Waals surface area contributed by atoms with Gasteiger partial charge in [-0.15, -0.1) is 0 Å². The van der Waals surface area contributed by atoms with Crippen molar-refractivity contribution in [2.45, 2.75) is 78.1 Å². The molecule has 21 heavy (non-hydrogen) atoms. The van der Waals surface area contributed by atoms with E-state index < -0.39 is 0 Å². The standard InChI is InChI=1S/C18H31NO2/c1-3-5-6-7-8-9-10-11-12-16-13-14-19-17(16)15-18(20)21-4-2/h13-14,19H,3-12,15H2,1-2H3. The molecule has 1 N–H and O–H groups in total. The van der Waals surface area contributed by atoms with E-state index in [0.717, 1.165) is 12.1 Å². The molecule has 0 saturated heterocycles. The Morgan fingerprint density at radius 3 is 2.38 bits per heavy atom. The molecule has 120 valence electrons. The van der Waals surface area contributed by atoms with Crippen LogP contribution >= 0.6 is 0 Å². The first kappa shape index (κ1) is 17.8. The van der Waals surface area contributed by atoms with Crippen molar-refractivity contribution >= 4 is 5.97 Å². The van der Waals surface area contributed by atoms with Crippen LogP contribution in [0, 0.1) is 0 Å². The maximum Gasteiger partial charge on any atom is 0.311 e. The van der Waals surface area contributed by atoms with Crippen LogP contribution in [0.15, 0.2) is 12.3 Å². The first-order chi connectivity index (χ1) is 10.3. The van der Waals surface area contributed by atoms with E-state index >= 15 is 0 Å². The Morgan fingerprint density at radius 1 is 1.05 bits per heavy atom. The van der Waals surface area contributed by atoms with Crippen molar-refractivity contribution in [3.63, 3.8) is 0 Å². The Kier molecular flexibility index (Phi) is 9.68. The minimum atomic E-state index is -0.142. The molecule has 0 amide bonds. The summed E-state index contributed by atoms with van der Waals surface area (Å²) < 4.78 is 5.00. The fraction of sp³-hybridized carbons (Fsp3) is 0.722. The molecule has 0 aliphatic carbocycles. The second-order valence-electron chi connectivity index (χ2n) is 5.69. The highest BCUT2D eigenvalue weighted by Crippen LogP contribution is 2.14. The zero-order chi connectivity index (χ0) is 15.3. The fourth-order valence-electron chi connectivity index (χ4n) is 2.64. The molecule has 0 bridgehead atoms. The third-order valence-corrected chi connectivity index (χ3v) is 3.86. The number of nitrogens with one attached hydrogen (secondary N) is 1. The summed E-state index contributed by atoms with van der Waals surface area (Å²) in [6.07, 6.45) is 14.0. The van der Waals surface area contributed by atoms with E-state index in [9.17, 15) is 4.79 Å². The highest BCUT2D eigenvalue weighted by atomic mass is 16.5. The highest BCUT2D eigenvalue weighted by molar-refractivity contribution is 5.72. The lowest BCUT2D eigenvalue weighted by molar-refractivity contribution is -0.142. The van der Waals surface area contributed by atoms with Gasteiger partial charge < -0.3 is 9.72 Å². The maximum absolute atomic E-state index is 11.5. The van der Waals surface area contributed by atoms with E-state index in [-0.39, 0.29) is 5.97 Å². The zero-order valence-corrected chi connectivity index (χ0v) is 13.7. The maximum atomic E-state index is 11.5. The van der Waals surface area contributed by atoms with Gasteiger partial charge in [-0.05, 0) is 31.4 Å². The van der Waals surface area contributed by atoms with Gasteiger partial charge in [-0.2, -0.15) is 0 Å². The Hall–Kier alpha value is -1.25. The average molecular weight is 293 g/mol. The van der Waals surface area contributed by atoms with Crippen molar-refractivity contribution in [2.24, 2.45) is 0 Å². The van der Waals surface area contributed by atoms with E-state index in [0.29, 0.717) is 13.0 Å². The number of hydrogen-bond donors (Lipinski definition) is 1. The van der Waals surface area contributed by atoms with Crippen LogP contribution in [0.2, 0.25) is 0 Å². The number of aryl methyl sites for hydroxylation is 1. The number of esters is 1. The molecule has 0 aromatic carbocycles. The normalized spacial score (nSPS) is 10.8. The van der Waals surface area contributed by atoms with Gasteiger partial charge in [-0.1, -0.05) is 51.9 Å². The number of ether oxygens (including phenoxy) is 1. The van der Waals surface area contributed by atoms with Crippen LogP contribution in [0.3, 0.4) is 0 Å². The predicted octanol–water partition coefficient (Wildman–Crippen LogP) is 4.80. The summed E-state index contributed by atoms with van der Waals surface area (Å²) in [4.78, 5) is 14.7. The van der Waals surface area contributed by atoms with Gasteiger partial charge in [-0.25, -0.2) is 0 Å². The van der Waals surface area contributed by atoms with Crippen molar-refractivity contribution in [1.29, 1.82) is 0 Å². The smallest absolute Gasteiger partial charge is 0.311 e. The fourth-order valence-corrected chi connectivity index (χ4v) is 2.64. The van der Waals surface area contributed by atoms with E-state index in [2.05, 4.69) is 18.0 Å². The van der Waals surface area contributed by atoms with Crippen LogP contribution in [0.4, 0.5) is 0 Å². The molecule has 0 radical (unpaired) electrons. The number of H-pyrrole nitrogens is 1. The Morgan fingerprint density at radius 2 is 1.71 bits per heavy atom. The number of carbonyl (C=O) groups is 1. The molecule has 0 unspecified atom stereocenters. The van der Waals surface area contributed by atoms with Crippen LogP contribution in [0.1, 0.15) is 76.5 Å². The van der Waals surface area contributed by atoms with Gasteiger partial charge in [0.1, 0.15) is 0 Å². The minimum Gasteiger partial charge on any atom is -0.466 e. The minimum absolute atomic E-state index is 0.142. The summed E-state index contributed by atoms with van der Waals surface area (Å²) in [5.41, 5.74) is 2.30. The van der Waals surface area contributed by atoms with E-state index in [1.54, 1.807) is 0 Å². The average Bonchev–Trinajstić information content (AvgIpc) is 2.89. The zero-order valence-electron chi connectivity index (χ0n) is 13.7. The van der Waals surface area contributed by atoms with Crippen LogP contribution in [0.25, 0.3) is 0 Å². The quantitative estimate of drug-likeness (QED) is 0.444. The number of rotatable bonds is 12. The molecule has 1 rings (SSSR count).